The van der Waals surface area contributed by atoms with Crippen LogP contribution in [-0.4, -0.2) is 55.3 Å². The molecule has 2 N–H and O–H groups in total. The number of benzene rings is 1. The van der Waals surface area contributed by atoms with Gasteiger partial charge >= 0.3 is 5.97 Å². The molecule has 0 spiro atoms. The molecule has 25 heavy (non-hydrogen) atoms. The molecule has 2 rings (SSSR count). The van der Waals surface area contributed by atoms with Crippen molar-refractivity contribution in [3.63, 3.8) is 0 Å². The second kappa shape index (κ2) is 13.3. The van der Waals surface area contributed by atoms with Crippen LogP contribution < -0.4 is 5.73 Å². The highest BCUT2D eigenvalue weighted by atomic mass is 16.5. The van der Waals surface area contributed by atoms with Gasteiger partial charge in [-0.1, -0.05) is 24.3 Å². The van der Waals surface area contributed by atoms with E-state index in [1.165, 1.54) is 19.4 Å². The molecule has 1 aromatic heterocycles. The van der Waals surface area contributed by atoms with Crippen molar-refractivity contribution in [2.75, 3.05) is 39.8 Å². The second-order valence-corrected chi connectivity index (χ2v) is 5.55. The van der Waals surface area contributed by atoms with Gasteiger partial charge in [-0.25, -0.2) is 0 Å². The summed E-state index contributed by atoms with van der Waals surface area (Å²) in [6.45, 7) is 12.8. The molecule has 0 saturated heterocycles. The Labute approximate surface area is 152 Å². The number of likely N-dealkylation sites (N-methyl/N-ethyl adjacent to an activating group) is 1. The number of esters is 1. The fraction of sp³-hybridized carbons (Fsp3) is 0.500. The molecule has 140 valence electrons. The van der Waals surface area contributed by atoms with Gasteiger partial charge in [0.25, 0.3) is 0 Å². The summed E-state index contributed by atoms with van der Waals surface area (Å²) in [5.41, 5.74) is 5.56. The summed E-state index contributed by atoms with van der Waals surface area (Å²) < 4.78 is 5.98. The van der Waals surface area contributed by atoms with Crippen molar-refractivity contribution in [2.24, 2.45) is 5.73 Å². The molecule has 0 atom stereocenters. The highest BCUT2D eigenvalue weighted by molar-refractivity contribution is 5.77. The minimum atomic E-state index is -0.179. The van der Waals surface area contributed by atoms with Crippen LogP contribution in [0.5, 0.6) is 0 Å². The lowest BCUT2D eigenvalue weighted by molar-refractivity contribution is -0.923. The molecule has 0 saturated carbocycles. The first-order chi connectivity index (χ1) is 12.1. The number of aromatic nitrogens is 1. The van der Waals surface area contributed by atoms with Gasteiger partial charge in [0.2, 0.25) is 0 Å². The maximum atomic E-state index is 10.6. The van der Waals surface area contributed by atoms with E-state index >= 15 is 0 Å². The summed E-state index contributed by atoms with van der Waals surface area (Å²) in [6, 6.07) is 12.1. The highest BCUT2D eigenvalue weighted by Gasteiger charge is 2.20. The smallest absolute Gasteiger partial charge is 0.302 e. The van der Waals surface area contributed by atoms with Crippen LogP contribution in [0.15, 0.2) is 42.6 Å². The fourth-order valence-electron chi connectivity index (χ4n) is 2.54. The van der Waals surface area contributed by atoms with E-state index in [2.05, 4.69) is 43.6 Å². The Kier molecular flexibility index (Phi) is 12.3. The van der Waals surface area contributed by atoms with Crippen LogP contribution in [0.1, 0.15) is 27.7 Å². The summed E-state index contributed by atoms with van der Waals surface area (Å²) >= 11 is 0. The lowest BCUT2D eigenvalue weighted by Gasteiger charge is -2.35. The van der Waals surface area contributed by atoms with Crippen molar-refractivity contribution in [1.29, 1.82) is 0 Å². The largest absolute Gasteiger partial charge is 0.460 e. The van der Waals surface area contributed by atoms with Crippen LogP contribution in [0.2, 0.25) is 0 Å². The lowest BCUT2D eigenvalue weighted by atomic mass is 10.2. The molecule has 1 heterocycles. The van der Waals surface area contributed by atoms with E-state index in [0.717, 1.165) is 36.2 Å². The maximum Gasteiger partial charge on any atom is 0.302 e. The van der Waals surface area contributed by atoms with E-state index in [-0.39, 0.29) is 5.97 Å². The number of hydrogen-bond donors (Lipinski definition) is 1. The number of nitrogens with zero attached hydrogens (tertiary/aromatic N) is 2. The Bertz CT molecular complexity index is 525. The van der Waals surface area contributed by atoms with E-state index in [1.54, 1.807) is 0 Å². The predicted octanol–water partition coefficient (Wildman–Crippen LogP) is 3.24. The molecular weight excluding hydrogens is 314 g/mol. The number of fused-ring (bicyclic) bond motifs is 1. The fourth-order valence-corrected chi connectivity index (χ4v) is 2.54. The Hall–Kier alpha value is -1.98. The summed E-state index contributed by atoms with van der Waals surface area (Å²) in [7, 11) is 1.50. The second-order valence-electron chi connectivity index (χ2n) is 5.55. The number of rotatable bonds is 6. The number of quaternary nitrogens is 1. The van der Waals surface area contributed by atoms with Gasteiger partial charge in [-0.05, 0) is 40.0 Å². The summed E-state index contributed by atoms with van der Waals surface area (Å²) in [6.07, 6.45) is 1.81. The molecule has 5 nitrogen and oxygen atoms in total. The average Bonchev–Trinajstić information content (AvgIpc) is 2.68. The molecule has 0 aliphatic carbocycles. The van der Waals surface area contributed by atoms with Gasteiger partial charge in [0.05, 0.1) is 25.2 Å². The van der Waals surface area contributed by atoms with Crippen LogP contribution >= 0.6 is 0 Å². The molecular formula is C20H34N3O2+. The maximum absolute atomic E-state index is 10.6. The Morgan fingerprint density at radius 3 is 2.12 bits per heavy atom. The van der Waals surface area contributed by atoms with Crippen molar-refractivity contribution in [2.45, 2.75) is 27.7 Å². The number of carbonyl (C=O) groups excluding carboxylic acids is 1. The zero-order chi connectivity index (χ0) is 19.1. The molecule has 2 aromatic rings. The number of pyridine rings is 1. The molecule has 0 fully saturated rings. The number of hydrogen-bond acceptors (Lipinski definition) is 4. The molecule has 0 radical (unpaired) electrons. The topological polar surface area (TPSA) is 65.2 Å². The van der Waals surface area contributed by atoms with E-state index in [4.69, 9.17) is 4.74 Å². The molecule has 0 unspecified atom stereocenters. The lowest BCUT2D eigenvalue weighted by Crippen LogP contribution is -2.49. The minimum absolute atomic E-state index is 0.179. The van der Waals surface area contributed by atoms with E-state index in [0.29, 0.717) is 6.61 Å². The molecule has 5 heteroatoms. The van der Waals surface area contributed by atoms with Gasteiger partial charge in [0.1, 0.15) is 13.2 Å². The number of para-hydroxylation sites is 1. The zero-order valence-electron chi connectivity index (χ0n) is 16.4. The quantitative estimate of drug-likeness (QED) is 0.643. The predicted molar refractivity (Wildman–Crippen MR) is 105 cm³/mol. The first-order valence-electron chi connectivity index (χ1n) is 8.93. The van der Waals surface area contributed by atoms with Crippen molar-refractivity contribution in [3.8, 4) is 0 Å². The van der Waals surface area contributed by atoms with Crippen LogP contribution in [-0.2, 0) is 9.53 Å². The summed E-state index contributed by atoms with van der Waals surface area (Å²) in [5.74, 6) is -0.179. The average molecular weight is 349 g/mol. The zero-order valence-corrected chi connectivity index (χ0v) is 16.4. The van der Waals surface area contributed by atoms with Gasteiger partial charge in [0, 0.05) is 18.5 Å². The Balaban J connectivity index is 0.000000426. The third kappa shape index (κ3) is 8.61. The monoisotopic (exact) mass is 348 g/mol. The number of carbonyl (C=O) groups is 1. The normalized spacial score (nSPS) is 10.2. The first-order valence-corrected chi connectivity index (χ1v) is 8.93. The summed E-state index contributed by atoms with van der Waals surface area (Å²) in [4.78, 5) is 14.7. The molecule has 0 aliphatic rings. The van der Waals surface area contributed by atoms with Gasteiger partial charge in [-0.2, -0.15) is 0 Å². The molecule has 0 bridgehead atoms. The molecule has 0 aliphatic heterocycles. The number of ether oxygens (including phenoxy) is 1. The van der Waals surface area contributed by atoms with E-state index < -0.39 is 0 Å². The van der Waals surface area contributed by atoms with Gasteiger partial charge in [-0.15, -0.1) is 0 Å². The van der Waals surface area contributed by atoms with Crippen molar-refractivity contribution in [3.05, 3.63) is 42.6 Å². The van der Waals surface area contributed by atoms with Crippen LogP contribution in [0, 0.1) is 0 Å². The highest BCUT2D eigenvalue weighted by Crippen LogP contribution is 2.08. The Morgan fingerprint density at radius 2 is 1.60 bits per heavy atom. The SMILES string of the molecule is CC[N+](CC)(CC)CCOC(C)=O.CN.c1ccc2ncccc2c1. The van der Waals surface area contributed by atoms with Crippen molar-refractivity contribution in [1.82, 2.24) is 4.98 Å². The van der Waals surface area contributed by atoms with Crippen molar-refractivity contribution >= 4 is 16.9 Å². The molecule has 0 amide bonds. The Morgan fingerprint density at radius 1 is 1.04 bits per heavy atom. The van der Waals surface area contributed by atoms with Gasteiger partial charge in [-0.3, -0.25) is 9.78 Å². The minimum Gasteiger partial charge on any atom is -0.460 e. The third-order valence-electron chi connectivity index (χ3n) is 4.40. The standard InChI is InChI=1S/C10H22NO2.C9H7N.CH5N/c1-5-11(6-2,7-3)8-9-13-10(4)12;1-2-6-9-8(4-1)5-3-7-10-9;1-2/h5-9H2,1-4H3;1-7H;2H2,1H3/q+1;;. The van der Waals surface area contributed by atoms with E-state index in [9.17, 15) is 4.79 Å². The first kappa shape index (κ1) is 23.0. The van der Waals surface area contributed by atoms with E-state index in [1.807, 2.05) is 30.5 Å². The number of nitrogens with two attached hydrogens (primary N) is 1. The molecule has 1 aromatic carbocycles. The summed E-state index contributed by atoms with van der Waals surface area (Å²) in [5, 5.41) is 1.20. The van der Waals surface area contributed by atoms with Crippen molar-refractivity contribution < 1.29 is 14.0 Å². The van der Waals surface area contributed by atoms with Crippen LogP contribution in [0.3, 0.4) is 0 Å². The van der Waals surface area contributed by atoms with Gasteiger partial charge in [0.15, 0.2) is 0 Å². The third-order valence-corrected chi connectivity index (χ3v) is 4.40. The van der Waals surface area contributed by atoms with Crippen LogP contribution in [0.4, 0.5) is 0 Å². The van der Waals surface area contributed by atoms with Crippen LogP contribution in [0.25, 0.3) is 10.9 Å². The van der Waals surface area contributed by atoms with Gasteiger partial charge < -0.3 is 15.0 Å².